The van der Waals surface area contributed by atoms with E-state index >= 15 is 0 Å². The number of benzene rings is 5. The second kappa shape index (κ2) is 12.7. The Morgan fingerprint density at radius 2 is 1.29 bits per heavy atom. The van der Waals surface area contributed by atoms with E-state index in [0.29, 0.717) is 0 Å². The summed E-state index contributed by atoms with van der Waals surface area (Å²) in [5.41, 5.74) is 11.0. The first-order valence-electron chi connectivity index (χ1n) is 16.9. The van der Waals surface area contributed by atoms with Crippen LogP contribution in [0.1, 0.15) is 26.3 Å². The zero-order valence-electron chi connectivity index (χ0n) is 28.7. The largest absolute Gasteiger partial charge is 2.00 e. The first-order valence-corrected chi connectivity index (χ1v) is 16.9. The molecule has 0 unspecified atom stereocenters. The van der Waals surface area contributed by atoms with Crippen molar-refractivity contribution in [2.45, 2.75) is 26.2 Å². The van der Waals surface area contributed by atoms with Gasteiger partial charge in [0.15, 0.2) is 0 Å². The molecule has 4 heterocycles. The van der Waals surface area contributed by atoms with Crippen LogP contribution >= 0.6 is 0 Å². The quantitative estimate of drug-likeness (QED) is 0.162. The molecule has 0 fully saturated rings. The first kappa shape index (κ1) is 32.7. The predicted molar refractivity (Wildman–Crippen MR) is 205 cm³/mol. The van der Waals surface area contributed by atoms with Gasteiger partial charge in [-0.2, -0.15) is 24.3 Å². The van der Waals surface area contributed by atoms with Gasteiger partial charge in [-0.1, -0.05) is 81.1 Å². The number of para-hydroxylation sites is 3. The Kier molecular flexibility index (Phi) is 8.12. The summed E-state index contributed by atoms with van der Waals surface area (Å²) in [6, 6.07) is 51.4. The summed E-state index contributed by atoms with van der Waals surface area (Å²) >= 11 is 0. The molecule has 0 bridgehead atoms. The molecule has 51 heavy (non-hydrogen) atoms. The molecule has 0 amide bonds. The van der Waals surface area contributed by atoms with Gasteiger partial charge in [-0.15, -0.1) is 35.9 Å². The number of fused-ring (bicyclic) bond motifs is 6. The third kappa shape index (κ3) is 5.35. The standard InChI is InChI=1S/C45H34N4O.Pt/c1-45(2,3)31-25-26-46-37(28-31)30-13-12-16-33(27-30)49-39-20-11-9-18-36(39)42-40(29-21-23-34(50-4)24-22-29)41-35-17-8-10-19-38(35)48(43(41)47-44(42)49)32-14-6-5-7-15-32;/h5-14,16-26,28H,1-4H3;/q-2;+2. The Morgan fingerprint density at radius 3 is 1.92 bits per heavy atom. The molecule has 4 aromatic heterocycles. The van der Waals surface area contributed by atoms with Crippen LogP contribution in [0, 0.1) is 12.1 Å². The van der Waals surface area contributed by atoms with Gasteiger partial charge in [0.2, 0.25) is 0 Å². The molecule has 5 nitrogen and oxygen atoms in total. The summed E-state index contributed by atoms with van der Waals surface area (Å²) in [6.45, 7) is 6.68. The third-order valence-corrected chi connectivity index (χ3v) is 9.65. The molecule has 250 valence electrons. The van der Waals surface area contributed by atoms with E-state index in [2.05, 4.69) is 145 Å². The summed E-state index contributed by atoms with van der Waals surface area (Å²) in [6.07, 6.45) is 1.90. The van der Waals surface area contributed by atoms with E-state index < -0.39 is 0 Å². The number of hydrogen-bond acceptors (Lipinski definition) is 3. The van der Waals surface area contributed by atoms with Crippen LogP contribution in [0.2, 0.25) is 0 Å². The fourth-order valence-corrected chi connectivity index (χ4v) is 7.22. The SMILES string of the molecule is COc1ccc(-c2c3c4ccccc4n(-c4[c-]cccc4)c3nc3c2c2ccccc2n3-c2[c-]c(-c3cc(C(C)(C)C)ccn3)ccc2)cc1.[Pt+2]. The average molecular weight is 842 g/mol. The van der Waals surface area contributed by atoms with Gasteiger partial charge >= 0.3 is 21.1 Å². The topological polar surface area (TPSA) is 44.9 Å². The second-order valence-corrected chi connectivity index (χ2v) is 13.7. The van der Waals surface area contributed by atoms with E-state index in [9.17, 15) is 0 Å². The predicted octanol–water partition coefficient (Wildman–Crippen LogP) is 10.9. The van der Waals surface area contributed by atoms with E-state index in [1.165, 1.54) is 5.56 Å². The Bertz CT molecular complexity index is 2720. The Morgan fingerprint density at radius 1 is 0.667 bits per heavy atom. The van der Waals surface area contributed by atoms with Crippen molar-refractivity contribution in [3.63, 3.8) is 0 Å². The Labute approximate surface area is 311 Å². The molecule has 5 aromatic carbocycles. The zero-order chi connectivity index (χ0) is 34.0. The summed E-state index contributed by atoms with van der Waals surface area (Å²) in [4.78, 5) is 10.4. The maximum atomic E-state index is 5.62. The van der Waals surface area contributed by atoms with Gasteiger partial charge in [0.25, 0.3) is 0 Å². The van der Waals surface area contributed by atoms with E-state index in [-0.39, 0.29) is 26.5 Å². The van der Waals surface area contributed by atoms with Gasteiger partial charge in [-0.3, -0.25) is 0 Å². The fourth-order valence-electron chi connectivity index (χ4n) is 7.22. The fraction of sp³-hybridized carbons (Fsp3) is 0.111. The van der Waals surface area contributed by atoms with Gasteiger partial charge < -0.3 is 18.9 Å². The van der Waals surface area contributed by atoms with E-state index in [4.69, 9.17) is 14.7 Å². The van der Waals surface area contributed by atoms with Crippen LogP contribution < -0.4 is 4.74 Å². The van der Waals surface area contributed by atoms with Crippen molar-refractivity contribution in [3.8, 4) is 39.5 Å². The number of hydrogen-bond donors (Lipinski definition) is 0. The van der Waals surface area contributed by atoms with E-state index in [0.717, 1.165) is 83.4 Å². The van der Waals surface area contributed by atoms with Crippen molar-refractivity contribution in [1.29, 1.82) is 0 Å². The van der Waals surface area contributed by atoms with E-state index in [1.807, 2.05) is 30.5 Å². The summed E-state index contributed by atoms with van der Waals surface area (Å²) in [5.74, 6) is 0.814. The van der Waals surface area contributed by atoms with Crippen LogP contribution in [-0.2, 0) is 26.5 Å². The number of methoxy groups -OCH3 is 1. The molecule has 0 atom stereocenters. The van der Waals surface area contributed by atoms with Gasteiger partial charge in [0.1, 0.15) is 17.0 Å². The number of aromatic nitrogens is 4. The van der Waals surface area contributed by atoms with Gasteiger partial charge in [-0.05, 0) is 58.3 Å². The number of nitrogens with zero attached hydrogens (tertiary/aromatic N) is 4. The molecule has 0 aliphatic heterocycles. The molecule has 6 heteroatoms. The van der Waals surface area contributed by atoms with Crippen molar-refractivity contribution < 1.29 is 25.8 Å². The molecular formula is C45H34N4OPt. The summed E-state index contributed by atoms with van der Waals surface area (Å²) in [5, 5.41) is 4.44. The number of pyridine rings is 2. The van der Waals surface area contributed by atoms with Crippen molar-refractivity contribution in [3.05, 3.63) is 151 Å². The molecule has 9 aromatic rings. The summed E-state index contributed by atoms with van der Waals surface area (Å²) in [7, 11) is 1.70. The Balaban J connectivity index is 0.00000374. The minimum absolute atomic E-state index is 0. The van der Waals surface area contributed by atoms with Crippen LogP contribution in [0.25, 0.3) is 77.6 Å². The van der Waals surface area contributed by atoms with Crippen LogP contribution in [0.15, 0.2) is 134 Å². The van der Waals surface area contributed by atoms with Crippen LogP contribution in [0.5, 0.6) is 5.75 Å². The molecule has 0 aliphatic rings. The molecule has 0 spiro atoms. The molecule has 0 aliphatic carbocycles. The molecule has 9 rings (SSSR count). The summed E-state index contributed by atoms with van der Waals surface area (Å²) < 4.78 is 10.1. The smallest absolute Gasteiger partial charge is 0.497 e. The molecular weight excluding hydrogens is 808 g/mol. The molecule has 0 saturated heterocycles. The normalized spacial score (nSPS) is 11.8. The average Bonchev–Trinajstić information content (AvgIpc) is 3.67. The Hall–Kier alpha value is -5.51. The van der Waals surface area contributed by atoms with Crippen LogP contribution in [0.3, 0.4) is 0 Å². The maximum absolute atomic E-state index is 5.62. The molecule has 0 N–H and O–H groups in total. The molecule has 0 radical (unpaired) electrons. The van der Waals surface area contributed by atoms with Crippen molar-refractivity contribution in [2.24, 2.45) is 0 Å². The minimum Gasteiger partial charge on any atom is -0.497 e. The van der Waals surface area contributed by atoms with Gasteiger partial charge in [-0.25, -0.2) is 4.98 Å². The van der Waals surface area contributed by atoms with Crippen molar-refractivity contribution in [1.82, 2.24) is 19.1 Å². The first-order chi connectivity index (χ1) is 24.4. The van der Waals surface area contributed by atoms with Crippen molar-refractivity contribution >= 4 is 43.9 Å². The van der Waals surface area contributed by atoms with E-state index in [1.54, 1.807) is 7.11 Å². The number of rotatable bonds is 5. The number of ether oxygens (including phenoxy) is 1. The van der Waals surface area contributed by atoms with Gasteiger partial charge in [0, 0.05) is 33.3 Å². The third-order valence-electron chi connectivity index (χ3n) is 9.65. The minimum atomic E-state index is 0. The zero-order valence-corrected chi connectivity index (χ0v) is 31.0. The molecule has 0 saturated carbocycles. The second-order valence-electron chi connectivity index (χ2n) is 13.7. The monoisotopic (exact) mass is 841 g/mol. The van der Waals surface area contributed by atoms with Crippen molar-refractivity contribution in [2.75, 3.05) is 7.11 Å². The van der Waals surface area contributed by atoms with Crippen LogP contribution in [-0.4, -0.2) is 26.2 Å². The van der Waals surface area contributed by atoms with Crippen LogP contribution in [0.4, 0.5) is 0 Å². The van der Waals surface area contributed by atoms with Gasteiger partial charge in [0.05, 0.1) is 18.1 Å². The maximum Gasteiger partial charge on any atom is 2.00 e.